The highest BCUT2D eigenvalue weighted by atomic mass is 79.9. The second-order valence-corrected chi connectivity index (χ2v) is 6.63. The van der Waals surface area contributed by atoms with E-state index in [1.807, 2.05) is 16.3 Å². The summed E-state index contributed by atoms with van der Waals surface area (Å²) >= 11 is 5.00. The zero-order valence-corrected chi connectivity index (χ0v) is 13.1. The maximum Gasteiger partial charge on any atom is 0.255 e. The second kappa shape index (κ2) is 5.66. The standard InChI is InChI=1S/C15H13BrFNOS/c16-12-6-5-10(17)9-11(12)15(19)18-7-1-3-13(18)14-4-2-8-20-14/h2,4-6,8-9,13H,1,3,7H2. The molecule has 1 aliphatic heterocycles. The summed E-state index contributed by atoms with van der Waals surface area (Å²) in [6.45, 7) is 0.727. The zero-order chi connectivity index (χ0) is 14.1. The lowest BCUT2D eigenvalue weighted by atomic mass is 10.1. The molecule has 20 heavy (non-hydrogen) atoms. The van der Waals surface area contributed by atoms with Crippen LogP contribution in [0.5, 0.6) is 0 Å². The van der Waals surface area contributed by atoms with Crippen LogP contribution < -0.4 is 0 Å². The van der Waals surface area contributed by atoms with Crippen LogP contribution in [0, 0.1) is 5.82 Å². The predicted molar refractivity (Wildman–Crippen MR) is 81.4 cm³/mol. The molecule has 0 N–H and O–H groups in total. The Labute approximate surface area is 129 Å². The van der Waals surface area contributed by atoms with Crippen LogP contribution >= 0.6 is 27.3 Å². The Morgan fingerprint density at radius 3 is 3.00 bits per heavy atom. The third kappa shape index (κ3) is 2.52. The molecule has 2 heterocycles. The van der Waals surface area contributed by atoms with Crippen molar-refractivity contribution >= 4 is 33.2 Å². The maximum absolute atomic E-state index is 13.4. The van der Waals surface area contributed by atoms with Crippen molar-refractivity contribution in [3.63, 3.8) is 0 Å². The van der Waals surface area contributed by atoms with Crippen LogP contribution in [0.2, 0.25) is 0 Å². The quantitative estimate of drug-likeness (QED) is 0.770. The highest BCUT2D eigenvalue weighted by Crippen LogP contribution is 2.36. The molecule has 2 aromatic rings. The largest absolute Gasteiger partial charge is 0.331 e. The molecule has 1 atom stereocenters. The zero-order valence-electron chi connectivity index (χ0n) is 10.7. The van der Waals surface area contributed by atoms with Gasteiger partial charge in [0.05, 0.1) is 11.6 Å². The van der Waals surface area contributed by atoms with Crippen molar-refractivity contribution < 1.29 is 9.18 Å². The molecule has 0 saturated carbocycles. The van der Waals surface area contributed by atoms with Gasteiger partial charge in [0, 0.05) is 15.9 Å². The Morgan fingerprint density at radius 2 is 2.25 bits per heavy atom. The van der Waals surface area contributed by atoms with Crippen molar-refractivity contribution in [2.75, 3.05) is 6.54 Å². The van der Waals surface area contributed by atoms with Gasteiger partial charge in [-0.15, -0.1) is 11.3 Å². The predicted octanol–water partition coefficient (Wildman–Crippen LogP) is 4.63. The first kappa shape index (κ1) is 13.8. The van der Waals surface area contributed by atoms with Gasteiger partial charge in [-0.25, -0.2) is 4.39 Å². The third-order valence-electron chi connectivity index (χ3n) is 3.54. The SMILES string of the molecule is O=C(c1cc(F)ccc1Br)N1CCCC1c1cccs1. The monoisotopic (exact) mass is 353 g/mol. The number of hydrogen-bond donors (Lipinski definition) is 0. The molecule has 0 bridgehead atoms. The van der Waals surface area contributed by atoms with Gasteiger partial charge in [-0.2, -0.15) is 0 Å². The van der Waals surface area contributed by atoms with Crippen LogP contribution in [0.3, 0.4) is 0 Å². The van der Waals surface area contributed by atoms with Gasteiger partial charge in [0.25, 0.3) is 5.91 Å². The molecule has 1 unspecified atom stereocenters. The number of carbonyl (C=O) groups is 1. The van der Waals surface area contributed by atoms with Gasteiger partial charge in [0.15, 0.2) is 0 Å². The Morgan fingerprint density at radius 1 is 1.40 bits per heavy atom. The summed E-state index contributed by atoms with van der Waals surface area (Å²) in [5.41, 5.74) is 0.397. The number of halogens is 2. The highest BCUT2D eigenvalue weighted by Gasteiger charge is 2.32. The summed E-state index contributed by atoms with van der Waals surface area (Å²) in [5.74, 6) is -0.490. The molecule has 0 aliphatic carbocycles. The van der Waals surface area contributed by atoms with Crippen molar-refractivity contribution in [2.45, 2.75) is 18.9 Å². The molecule has 5 heteroatoms. The van der Waals surface area contributed by atoms with Crippen molar-refractivity contribution in [3.05, 3.63) is 56.4 Å². The van der Waals surface area contributed by atoms with Crippen LogP contribution in [0.15, 0.2) is 40.2 Å². The lowest BCUT2D eigenvalue weighted by Crippen LogP contribution is -2.30. The highest BCUT2D eigenvalue weighted by molar-refractivity contribution is 9.10. The normalized spacial score (nSPS) is 18.5. The molecule has 104 valence electrons. The first-order valence-electron chi connectivity index (χ1n) is 6.46. The minimum atomic E-state index is -0.386. The van der Waals surface area contributed by atoms with E-state index in [1.54, 1.807) is 17.4 Å². The van der Waals surface area contributed by atoms with Crippen molar-refractivity contribution in [2.24, 2.45) is 0 Å². The van der Waals surface area contributed by atoms with Crippen LogP contribution in [-0.4, -0.2) is 17.4 Å². The van der Waals surface area contributed by atoms with Crippen molar-refractivity contribution in [3.8, 4) is 0 Å². The molecule has 3 rings (SSSR count). The van der Waals surface area contributed by atoms with Crippen molar-refractivity contribution in [1.29, 1.82) is 0 Å². The average molecular weight is 354 g/mol. The average Bonchev–Trinajstić information content (AvgIpc) is 3.10. The van der Waals surface area contributed by atoms with E-state index in [0.29, 0.717) is 10.0 Å². The number of thiophene rings is 1. The molecule has 1 aromatic carbocycles. The fourth-order valence-corrected chi connectivity index (χ4v) is 3.89. The summed E-state index contributed by atoms with van der Waals surface area (Å²) in [4.78, 5) is 15.7. The topological polar surface area (TPSA) is 20.3 Å². The lowest BCUT2D eigenvalue weighted by molar-refractivity contribution is 0.0736. The minimum Gasteiger partial charge on any atom is -0.331 e. The van der Waals surface area contributed by atoms with Gasteiger partial charge in [0.1, 0.15) is 5.82 Å². The van der Waals surface area contributed by atoms with Gasteiger partial charge < -0.3 is 4.90 Å². The molecule has 1 aromatic heterocycles. The van der Waals surface area contributed by atoms with Gasteiger partial charge in [0.2, 0.25) is 0 Å². The van der Waals surface area contributed by atoms with E-state index in [4.69, 9.17) is 0 Å². The number of nitrogens with zero attached hydrogens (tertiary/aromatic N) is 1. The molecular weight excluding hydrogens is 341 g/mol. The number of hydrogen-bond acceptors (Lipinski definition) is 2. The number of likely N-dealkylation sites (tertiary alicyclic amines) is 1. The van der Waals surface area contributed by atoms with E-state index in [-0.39, 0.29) is 17.8 Å². The van der Waals surface area contributed by atoms with E-state index in [9.17, 15) is 9.18 Å². The second-order valence-electron chi connectivity index (χ2n) is 4.80. The van der Waals surface area contributed by atoms with E-state index >= 15 is 0 Å². The summed E-state index contributed by atoms with van der Waals surface area (Å²) in [6.07, 6.45) is 1.96. The number of carbonyl (C=O) groups excluding carboxylic acids is 1. The fraction of sp³-hybridized carbons (Fsp3) is 0.267. The Balaban J connectivity index is 1.91. The number of benzene rings is 1. The molecular formula is C15H13BrFNOS. The van der Waals surface area contributed by atoms with Gasteiger partial charge >= 0.3 is 0 Å². The fourth-order valence-electron chi connectivity index (χ4n) is 2.60. The minimum absolute atomic E-state index is 0.104. The first-order valence-corrected chi connectivity index (χ1v) is 8.13. The van der Waals surface area contributed by atoms with Gasteiger partial charge in [-0.05, 0) is 58.4 Å². The van der Waals surface area contributed by atoms with E-state index in [0.717, 1.165) is 19.4 Å². The van der Waals surface area contributed by atoms with Crippen LogP contribution in [0.4, 0.5) is 4.39 Å². The van der Waals surface area contributed by atoms with E-state index in [1.165, 1.54) is 17.0 Å². The van der Waals surface area contributed by atoms with E-state index in [2.05, 4.69) is 22.0 Å². The molecule has 2 nitrogen and oxygen atoms in total. The third-order valence-corrected chi connectivity index (χ3v) is 5.21. The maximum atomic E-state index is 13.4. The van der Waals surface area contributed by atoms with E-state index < -0.39 is 0 Å². The summed E-state index contributed by atoms with van der Waals surface area (Å²) < 4.78 is 14.0. The number of amides is 1. The first-order chi connectivity index (χ1) is 9.66. The van der Waals surface area contributed by atoms with Crippen molar-refractivity contribution in [1.82, 2.24) is 4.90 Å². The molecule has 0 spiro atoms. The smallest absolute Gasteiger partial charge is 0.255 e. The molecule has 1 amide bonds. The number of rotatable bonds is 2. The summed E-state index contributed by atoms with van der Waals surface area (Å²) in [6, 6.07) is 8.41. The lowest BCUT2D eigenvalue weighted by Gasteiger charge is -2.24. The van der Waals surface area contributed by atoms with Crippen LogP contribution in [0.25, 0.3) is 0 Å². The van der Waals surface area contributed by atoms with Crippen LogP contribution in [-0.2, 0) is 0 Å². The molecule has 0 radical (unpaired) electrons. The Kier molecular flexibility index (Phi) is 3.89. The summed E-state index contributed by atoms with van der Waals surface area (Å²) in [7, 11) is 0. The molecule has 1 fully saturated rings. The molecule has 1 saturated heterocycles. The molecule has 1 aliphatic rings. The Hall–Kier alpha value is -1.20. The van der Waals surface area contributed by atoms with Gasteiger partial charge in [-0.1, -0.05) is 6.07 Å². The summed E-state index contributed by atoms with van der Waals surface area (Å²) in [5, 5.41) is 2.02. The Bertz CT molecular complexity index is 629. The van der Waals surface area contributed by atoms with Gasteiger partial charge in [-0.3, -0.25) is 4.79 Å². The van der Waals surface area contributed by atoms with Crippen LogP contribution in [0.1, 0.15) is 34.1 Å².